The number of piperidine rings is 1. The molecule has 1 aromatic carbocycles. The first-order valence-corrected chi connectivity index (χ1v) is 13.2. The number of hydrogen-bond donors (Lipinski definition) is 1. The molecule has 5 rings (SSSR count). The molecule has 3 aromatic rings. The third-order valence-corrected chi connectivity index (χ3v) is 7.61. The smallest absolute Gasteiger partial charge is 0.417 e. The standard InChI is InChI=1S/C28H32F3N5O2/c1-35(22-10-6-3-7-11-22)27-34-25(28(29,30)31)24(38-27)26(37)33-21-12-13-23(32-18-21)36-16-14-20(15-17-36)19-8-4-2-5-9-19/h2,4-5,8-9,12-13,18,20,22H,3,6-7,10-11,14-17H2,1H3,(H,33,37). The molecule has 0 bridgehead atoms. The van der Waals surface area contributed by atoms with Crippen molar-refractivity contribution in [3.05, 3.63) is 65.7 Å². The summed E-state index contributed by atoms with van der Waals surface area (Å²) >= 11 is 0. The predicted octanol–water partition coefficient (Wildman–Crippen LogP) is 6.49. The van der Waals surface area contributed by atoms with E-state index in [2.05, 4.69) is 44.5 Å². The second-order valence-electron chi connectivity index (χ2n) is 10.1. The molecule has 1 amide bonds. The molecule has 1 aliphatic heterocycles. The minimum atomic E-state index is -4.82. The topological polar surface area (TPSA) is 74.5 Å². The van der Waals surface area contributed by atoms with Crippen LogP contribution in [0.2, 0.25) is 0 Å². The fourth-order valence-electron chi connectivity index (χ4n) is 5.43. The summed E-state index contributed by atoms with van der Waals surface area (Å²) in [6, 6.07) is 13.7. The van der Waals surface area contributed by atoms with Gasteiger partial charge in [-0.15, -0.1) is 0 Å². The molecular weight excluding hydrogens is 495 g/mol. The van der Waals surface area contributed by atoms with Crippen LogP contribution in [-0.4, -0.2) is 42.1 Å². The number of hydrogen-bond acceptors (Lipinski definition) is 6. The van der Waals surface area contributed by atoms with Crippen LogP contribution in [0.4, 0.5) is 30.7 Å². The summed E-state index contributed by atoms with van der Waals surface area (Å²) in [5.74, 6) is -0.576. The minimum Gasteiger partial charge on any atom is -0.417 e. The number of benzene rings is 1. The first-order valence-electron chi connectivity index (χ1n) is 13.2. The molecule has 10 heteroatoms. The largest absolute Gasteiger partial charge is 0.437 e. The number of carbonyl (C=O) groups excluding carboxylic acids is 1. The highest BCUT2D eigenvalue weighted by Crippen LogP contribution is 2.36. The van der Waals surface area contributed by atoms with Crippen molar-refractivity contribution in [2.24, 2.45) is 0 Å². The second kappa shape index (κ2) is 11.0. The molecule has 2 aromatic heterocycles. The van der Waals surface area contributed by atoms with Crippen molar-refractivity contribution >= 4 is 23.4 Å². The van der Waals surface area contributed by atoms with Gasteiger partial charge in [0.2, 0.25) is 5.76 Å². The first-order chi connectivity index (χ1) is 18.3. The van der Waals surface area contributed by atoms with E-state index >= 15 is 0 Å². The van der Waals surface area contributed by atoms with Gasteiger partial charge in [0.05, 0.1) is 11.9 Å². The van der Waals surface area contributed by atoms with Gasteiger partial charge >= 0.3 is 6.18 Å². The Labute approximate surface area is 220 Å². The molecule has 0 atom stereocenters. The lowest BCUT2D eigenvalue weighted by Gasteiger charge is -2.33. The molecule has 202 valence electrons. The van der Waals surface area contributed by atoms with Gasteiger partial charge in [0.1, 0.15) is 5.82 Å². The molecule has 1 aliphatic carbocycles. The lowest BCUT2D eigenvalue weighted by Crippen LogP contribution is -2.33. The maximum atomic E-state index is 13.7. The van der Waals surface area contributed by atoms with Crippen LogP contribution in [0.5, 0.6) is 0 Å². The van der Waals surface area contributed by atoms with Gasteiger partial charge in [0.15, 0.2) is 5.69 Å². The molecule has 1 saturated carbocycles. The van der Waals surface area contributed by atoms with Crippen LogP contribution in [0.3, 0.4) is 0 Å². The van der Waals surface area contributed by atoms with Crippen LogP contribution >= 0.6 is 0 Å². The molecular formula is C28H32F3N5O2. The molecule has 0 spiro atoms. The number of anilines is 3. The third kappa shape index (κ3) is 5.79. The summed E-state index contributed by atoms with van der Waals surface area (Å²) in [6.45, 7) is 1.70. The van der Waals surface area contributed by atoms with E-state index in [1.165, 1.54) is 11.8 Å². The van der Waals surface area contributed by atoms with Gasteiger partial charge in [-0.1, -0.05) is 49.6 Å². The molecule has 38 heavy (non-hydrogen) atoms. The number of carbonyl (C=O) groups is 1. The Bertz CT molecular complexity index is 1220. The lowest BCUT2D eigenvalue weighted by atomic mass is 9.89. The zero-order valence-corrected chi connectivity index (χ0v) is 21.4. The number of pyridine rings is 1. The van der Waals surface area contributed by atoms with Crippen LogP contribution < -0.4 is 15.1 Å². The van der Waals surface area contributed by atoms with E-state index in [1.807, 2.05) is 6.07 Å². The summed E-state index contributed by atoms with van der Waals surface area (Å²) in [4.78, 5) is 24.8. The molecule has 1 saturated heterocycles. The number of nitrogens with zero attached hydrogens (tertiary/aromatic N) is 4. The minimum absolute atomic E-state index is 0.0360. The average Bonchev–Trinajstić information content (AvgIpc) is 3.41. The van der Waals surface area contributed by atoms with Gasteiger partial charge in [-0.2, -0.15) is 18.2 Å². The van der Waals surface area contributed by atoms with Gasteiger partial charge in [0, 0.05) is 26.2 Å². The van der Waals surface area contributed by atoms with Gasteiger partial charge in [-0.3, -0.25) is 4.79 Å². The fraction of sp³-hybridized carbons (Fsp3) is 0.464. The van der Waals surface area contributed by atoms with Crippen molar-refractivity contribution in [1.29, 1.82) is 0 Å². The number of oxazole rings is 1. The predicted molar refractivity (Wildman–Crippen MR) is 140 cm³/mol. The van der Waals surface area contributed by atoms with Crippen LogP contribution in [0.15, 0.2) is 53.1 Å². The quantitative estimate of drug-likeness (QED) is 0.395. The van der Waals surface area contributed by atoms with Crippen LogP contribution in [-0.2, 0) is 6.18 Å². The zero-order valence-electron chi connectivity index (χ0n) is 21.4. The van der Waals surface area contributed by atoms with Crippen molar-refractivity contribution in [3.63, 3.8) is 0 Å². The summed E-state index contributed by atoms with van der Waals surface area (Å²) in [5, 5.41) is 2.49. The average molecular weight is 528 g/mol. The number of aromatic nitrogens is 2. The monoisotopic (exact) mass is 527 g/mol. The van der Waals surface area contributed by atoms with Crippen molar-refractivity contribution in [1.82, 2.24) is 9.97 Å². The Kier molecular flexibility index (Phi) is 7.58. The van der Waals surface area contributed by atoms with E-state index in [9.17, 15) is 18.0 Å². The SMILES string of the molecule is CN(c1nc(C(F)(F)F)c(C(=O)Nc2ccc(N3CCC(c4ccccc4)CC3)nc2)o1)C1CCCCC1. The van der Waals surface area contributed by atoms with E-state index in [0.29, 0.717) is 5.92 Å². The number of alkyl halides is 3. The molecule has 2 aliphatic rings. The second-order valence-corrected chi connectivity index (χ2v) is 10.1. The van der Waals surface area contributed by atoms with Gasteiger partial charge in [-0.25, -0.2) is 4.98 Å². The normalized spacial score (nSPS) is 17.4. The van der Waals surface area contributed by atoms with Crippen molar-refractivity contribution < 1.29 is 22.4 Å². The third-order valence-electron chi connectivity index (χ3n) is 7.61. The zero-order chi connectivity index (χ0) is 26.7. The molecule has 2 fully saturated rings. The summed E-state index contributed by atoms with van der Waals surface area (Å²) in [7, 11) is 1.66. The summed E-state index contributed by atoms with van der Waals surface area (Å²) in [5.41, 5.74) is 0.306. The lowest BCUT2D eigenvalue weighted by molar-refractivity contribution is -0.141. The summed E-state index contributed by atoms with van der Waals surface area (Å²) < 4.78 is 46.6. The Balaban J connectivity index is 1.24. The molecule has 3 heterocycles. The van der Waals surface area contributed by atoms with Gasteiger partial charge in [0.25, 0.3) is 11.9 Å². The van der Waals surface area contributed by atoms with E-state index in [-0.39, 0.29) is 17.7 Å². The number of halogens is 3. The van der Waals surface area contributed by atoms with Gasteiger partial charge < -0.3 is 19.5 Å². The van der Waals surface area contributed by atoms with Crippen molar-refractivity contribution in [2.75, 3.05) is 35.3 Å². The van der Waals surface area contributed by atoms with Crippen LogP contribution in [0.1, 0.15) is 72.7 Å². The number of rotatable bonds is 6. The maximum Gasteiger partial charge on any atom is 0.437 e. The first kappa shape index (κ1) is 26.1. The van der Waals surface area contributed by atoms with Crippen molar-refractivity contribution in [3.8, 4) is 0 Å². The van der Waals surface area contributed by atoms with Gasteiger partial charge in [-0.05, 0) is 49.3 Å². The maximum absolute atomic E-state index is 13.7. The molecule has 7 nitrogen and oxygen atoms in total. The highest BCUT2D eigenvalue weighted by molar-refractivity contribution is 6.03. The van der Waals surface area contributed by atoms with E-state index < -0.39 is 23.5 Å². The van der Waals surface area contributed by atoms with Crippen molar-refractivity contribution in [2.45, 2.75) is 63.1 Å². The van der Waals surface area contributed by atoms with Crippen LogP contribution in [0.25, 0.3) is 0 Å². The molecule has 0 radical (unpaired) electrons. The number of nitrogens with one attached hydrogen (secondary N) is 1. The van der Waals surface area contributed by atoms with E-state index in [0.717, 1.165) is 63.9 Å². The summed E-state index contributed by atoms with van der Waals surface area (Å²) in [6.07, 6.45) is 3.46. The Morgan fingerprint density at radius 3 is 2.37 bits per heavy atom. The fourth-order valence-corrected chi connectivity index (χ4v) is 5.43. The van der Waals surface area contributed by atoms with E-state index in [4.69, 9.17) is 4.42 Å². The Hall–Kier alpha value is -3.56. The number of amides is 1. The molecule has 0 unspecified atom stereocenters. The Morgan fingerprint density at radius 2 is 1.74 bits per heavy atom. The Morgan fingerprint density at radius 1 is 1.03 bits per heavy atom. The van der Waals surface area contributed by atoms with E-state index in [1.54, 1.807) is 24.1 Å². The highest BCUT2D eigenvalue weighted by atomic mass is 19.4. The highest BCUT2D eigenvalue weighted by Gasteiger charge is 2.42. The molecule has 1 N–H and O–H groups in total. The van der Waals surface area contributed by atoms with Crippen LogP contribution in [0, 0.1) is 0 Å².